The fourth-order valence-corrected chi connectivity index (χ4v) is 2.07. The first-order chi connectivity index (χ1) is 7.27. The predicted octanol–water partition coefficient (Wildman–Crippen LogP) is 2.59. The molecule has 3 N–H and O–H groups in total. The molecule has 1 heterocycles. The third kappa shape index (κ3) is 2.16. The van der Waals surface area contributed by atoms with Gasteiger partial charge in [-0.3, -0.25) is 4.79 Å². The van der Waals surface area contributed by atoms with Crippen LogP contribution in [0.4, 0.5) is 10.7 Å². The van der Waals surface area contributed by atoms with Crippen molar-refractivity contribution in [1.82, 2.24) is 0 Å². The van der Waals surface area contributed by atoms with Gasteiger partial charge in [-0.1, -0.05) is 18.2 Å². The van der Waals surface area contributed by atoms with Gasteiger partial charge in [0.15, 0.2) is 0 Å². The average Bonchev–Trinajstić information content (AvgIpc) is 2.67. The molecule has 0 atom stereocenters. The Morgan fingerprint density at radius 3 is 2.60 bits per heavy atom. The number of anilines is 2. The van der Waals surface area contributed by atoms with Crippen molar-refractivity contribution >= 4 is 27.9 Å². The molecule has 0 saturated heterocycles. The number of hydrogen-bond acceptors (Lipinski definition) is 3. The number of primary amides is 1. The van der Waals surface area contributed by atoms with Crippen molar-refractivity contribution in [2.75, 3.05) is 5.32 Å². The molecule has 76 valence electrons. The van der Waals surface area contributed by atoms with Crippen LogP contribution in [0.15, 0.2) is 41.8 Å². The van der Waals surface area contributed by atoms with Crippen LogP contribution in [0.2, 0.25) is 0 Å². The Kier molecular flexibility index (Phi) is 2.69. The number of amides is 1. The van der Waals surface area contributed by atoms with Crippen molar-refractivity contribution < 1.29 is 4.79 Å². The SMILES string of the molecule is NC(=O)c1ccsc1Nc1ccccc1. The maximum absolute atomic E-state index is 11.1. The van der Waals surface area contributed by atoms with E-state index in [1.54, 1.807) is 6.07 Å². The van der Waals surface area contributed by atoms with Crippen LogP contribution in [0.1, 0.15) is 10.4 Å². The minimum Gasteiger partial charge on any atom is -0.366 e. The Bertz CT molecular complexity index is 464. The number of thiophene rings is 1. The molecular formula is C11H10N2OS. The number of nitrogens with two attached hydrogens (primary N) is 1. The summed E-state index contributed by atoms with van der Waals surface area (Å²) in [5, 5.41) is 5.78. The second kappa shape index (κ2) is 4.14. The van der Waals surface area contributed by atoms with Gasteiger partial charge in [0.05, 0.1) is 5.56 Å². The summed E-state index contributed by atoms with van der Waals surface area (Å²) in [5.74, 6) is -0.408. The van der Waals surface area contributed by atoms with Gasteiger partial charge in [-0.15, -0.1) is 11.3 Å². The Morgan fingerprint density at radius 2 is 1.93 bits per heavy atom. The number of carbonyl (C=O) groups excluding carboxylic acids is 1. The summed E-state index contributed by atoms with van der Waals surface area (Å²) >= 11 is 1.46. The fraction of sp³-hybridized carbons (Fsp3) is 0. The molecule has 1 aromatic heterocycles. The van der Waals surface area contributed by atoms with Crippen LogP contribution in [-0.2, 0) is 0 Å². The van der Waals surface area contributed by atoms with Crippen LogP contribution >= 0.6 is 11.3 Å². The predicted molar refractivity (Wildman–Crippen MR) is 62.6 cm³/mol. The van der Waals surface area contributed by atoms with Crippen LogP contribution in [-0.4, -0.2) is 5.91 Å². The van der Waals surface area contributed by atoms with E-state index >= 15 is 0 Å². The highest BCUT2D eigenvalue weighted by Gasteiger charge is 2.08. The molecule has 0 aliphatic carbocycles. The van der Waals surface area contributed by atoms with Crippen LogP contribution in [0.25, 0.3) is 0 Å². The number of rotatable bonds is 3. The number of carbonyl (C=O) groups is 1. The highest BCUT2D eigenvalue weighted by Crippen LogP contribution is 2.26. The number of benzene rings is 1. The zero-order chi connectivity index (χ0) is 10.7. The number of hydrogen-bond donors (Lipinski definition) is 2. The van der Waals surface area contributed by atoms with Gasteiger partial charge in [-0.05, 0) is 23.6 Å². The molecular weight excluding hydrogens is 208 g/mol. The summed E-state index contributed by atoms with van der Waals surface area (Å²) in [5.41, 5.74) is 6.72. The summed E-state index contributed by atoms with van der Waals surface area (Å²) in [6.07, 6.45) is 0. The normalized spacial score (nSPS) is 9.87. The Balaban J connectivity index is 2.25. The molecule has 0 radical (unpaired) electrons. The van der Waals surface area contributed by atoms with Gasteiger partial charge in [0.2, 0.25) is 0 Å². The zero-order valence-electron chi connectivity index (χ0n) is 7.94. The van der Waals surface area contributed by atoms with Crippen molar-refractivity contribution in [3.05, 3.63) is 47.3 Å². The second-order valence-corrected chi connectivity index (χ2v) is 3.93. The summed E-state index contributed by atoms with van der Waals surface area (Å²) in [4.78, 5) is 11.1. The Morgan fingerprint density at radius 1 is 1.20 bits per heavy atom. The minimum atomic E-state index is -0.408. The fourth-order valence-electron chi connectivity index (χ4n) is 1.25. The van der Waals surface area contributed by atoms with E-state index in [2.05, 4.69) is 5.32 Å². The van der Waals surface area contributed by atoms with Crippen LogP contribution in [0.5, 0.6) is 0 Å². The van der Waals surface area contributed by atoms with Crippen LogP contribution in [0.3, 0.4) is 0 Å². The summed E-state index contributed by atoms with van der Waals surface area (Å²) in [6, 6.07) is 11.4. The molecule has 0 saturated carbocycles. The topological polar surface area (TPSA) is 55.1 Å². The van der Waals surface area contributed by atoms with E-state index in [4.69, 9.17) is 5.73 Å². The molecule has 0 aliphatic rings. The van der Waals surface area contributed by atoms with Gasteiger partial charge < -0.3 is 11.1 Å². The second-order valence-electron chi connectivity index (χ2n) is 3.02. The van der Waals surface area contributed by atoms with Crippen LogP contribution in [0, 0.1) is 0 Å². The lowest BCUT2D eigenvalue weighted by Gasteiger charge is -2.04. The Hall–Kier alpha value is -1.81. The Labute approximate surface area is 91.5 Å². The molecule has 3 nitrogen and oxygen atoms in total. The molecule has 2 rings (SSSR count). The highest BCUT2D eigenvalue weighted by molar-refractivity contribution is 7.14. The van der Waals surface area contributed by atoms with E-state index < -0.39 is 5.91 Å². The van der Waals surface area contributed by atoms with E-state index in [1.807, 2.05) is 35.7 Å². The maximum atomic E-state index is 11.1. The monoisotopic (exact) mass is 218 g/mol. The summed E-state index contributed by atoms with van der Waals surface area (Å²) in [7, 11) is 0. The molecule has 0 spiro atoms. The molecule has 0 bridgehead atoms. The third-order valence-electron chi connectivity index (χ3n) is 1.96. The standard InChI is InChI=1S/C11H10N2OS/c12-10(14)9-6-7-15-11(9)13-8-4-2-1-3-5-8/h1-7,13H,(H2,12,14). The van der Waals surface area contributed by atoms with Crippen molar-refractivity contribution in [2.24, 2.45) is 5.73 Å². The maximum Gasteiger partial charge on any atom is 0.251 e. The van der Waals surface area contributed by atoms with Gasteiger partial charge in [-0.2, -0.15) is 0 Å². The van der Waals surface area contributed by atoms with Gasteiger partial charge in [0.1, 0.15) is 5.00 Å². The number of para-hydroxylation sites is 1. The molecule has 2 aromatic rings. The quantitative estimate of drug-likeness (QED) is 0.832. The average molecular weight is 218 g/mol. The molecule has 15 heavy (non-hydrogen) atoms. The van der Waals surface area contributed by atoms with Gasteiger partial charge >= 0.3 is 0 Å². The highest BCUT2D eigenvalue weighted by atomic mass is 32.1. The van der Waals surface area contributed by atoms with E-state index in [0.717, 1.165) is 10.7 Å². The molecule has 0 fully saturated rings. The van der Waals surface area contributed by atoms with Crippen molar-refractivity contribution in [3.63, 3.8) is 0 Å². The smallest absolute Gasteiger partial charge is 0.251 e. The lowest BCUT2D eigenvalue weighted by Crippen LogP contribution is -2.11. The number of nitrogens with one attached hydrogen (secondary N) is 1. The van der Waals surface area contributed by atoms with E-state index in [9.17, 15) is 4.79 Å². The largest absolute Gasteiger partial charge is 0.366 e. The first kappa shape index (κ1) is 9.73. The first-order valence-corrected chi connectivity index (χ1v) is 5.34. The summed E-state index contributed by atoms with van der Waals surface area (Å²) in [6.45, 7) is 0. The minimum absolute atomic E-state index is 0.408. The van der Waals surface area contributed by atoms with E-state index in [1.165, 1.54) is 11.3 Å². The van der Waals surface area contributed by atoms with E-state index in [-0.39, 0.29) is 0 Å². The lowest BCUT2D eigenvalue weighted by atomic mass is 10.3. The van der Waals surface area contributed by atoms with Gasteiger partial charge in [0.25, 0.3) is 5.91 Å². The molecule has 1 amide bonds. The molecule has 0 unspecified atom stereocenters. The first-order valence-electron chi connectivity index (χ1n) is 4.47. The molecule has 4 heteroatoms. The van der Waals surface area contributed by atoms with Gasteiger partial charge in [-0.25, -0.2) is 0 Å². The third-order valence-corrected chi connectivity index (χ3v) is 2.79. The molecule has 0 aliphatic heterocycles. The van der Waals surface area contributed by atoms with Crippen molar-refractivity contribution in [2.45, 2.75) is 0 Å². The lowest BCUT2D eigenvalue weighted by molar-refractivity contribution is 0.100. The van der Waals surface area contributed by atoms with Crippen molar-refractivity contribution in [3.8, 4) is 0 Å². The molecule has 1 aromatic carbocycles. The summed E-state index contributed by atoms with van der Waals surface area (Å²) < 4.78 is 0. The van der Waals surface area contributed by atoms with E-state index in [0.29, 0.717) is 5.56 Å². The van der Waals surface area contributed by atoms with Crippen molar-refractivity contribution in [1.29, 1.82) is 0 Å². The van der Waals surface area contributed by atoms with Crippen LogP contribution < -0.4 is 11.1 Å². The zero-order valence-corrected chi connectivity index (χ0v) is 8.75. The van der Waals surface area contributed by atoms with Gasteiger partial charge in [0, 0.05) is 5.69 Å².